The largest absolute Gasteiger partial charge is 0.344 e. The third kappa shape index (κ3) is 3.42. The maximum Gasteiger partial charge on any atom is 0.225 e. The van der Waals surface area contributed by atoms with Crippen molar-refractivity contribution in [3.63, 3.8) is 0 Å². The molecule has 1 aromatic heterocycles. The molecule has 0 aliphatic heterocycles. The minimum atomic E-state index is 0.813. The Labute approximate surface area is 116 Å². The molecule has 1 aromatic carbocycles. The second-order valence-corrected chi connectivity index (χ2v) is 5.19. The van der Waals surface area contributed by atoms with E-state index in [4.69, 9.17) is 0 Å². The zero-order chi connectivity index (χ0) is 12.8. The number of rotatable bonds is 6. The summed E-state index contributed by atoms with van der Waals surface area (Å²) < 4.78 is 0. The van der Waals surface area contributed by atoms with Gasteiger partial charge in [0.25, 0.3) is 0 Å². The van der Waals surface area contributed by atoms with E-state index in [9.17, 15) is 0 Å². The highest BCUT2D eigenvalue weighted by Gasteiger charge is 2.04. The van der Waals surface area contributed by atoms with Crippen molar-refractivity contribution in [1.82, 2.24) is 9.97 Å². The number of benzene rings is 1. The van der Waals surface area contributed by atoms with Crippen molar-refractivity contribution >= 4 is 32.8 Å². The van der Waals surface area contributed by atoms with Gasteiger partial charge in [-0.05, 0) is 18.9 Å². The van der Waals surface area contributed by atoms with Crippen LogP contribution in [-0.2, 0) is 0 Å². The summed E-state index contributed by atoms with van der Waals surface area (Å²) in [4.78, 5) is 11.1. The normalized spacial score (nSPS) is 10.8. The molecule has 0 radical (unpaired) electrons. The molecule has 18 heavy (non-hydrogen) atoms. The van der Waals surface area contributed by atoms with Crippen molar-refractivity contribution in [3.05, 3.63) is 30.5 Å². The number of fused-ring (bicyclic) bond motifs is 1. The maximum atomic E-state index is 4.58. The zero-order valence-corrected chi connectivity index (χ0v) is 12.2. The van der Waals surface area contributed by atoms with E-state index in [0.717, 1.165) is 28.7 Å². The Morgan fingerprint density at radius 2 is 2.00 bits per heavy atom. The van der Waals surface area contributed by atoms with E-state index in [1.54, 1.807) is 0 Å². The van der Waals surface area contributed by atoms with Crippen LogP contribution in [0.3, 0.4) is 0 Å². The molecule has 0 spiro atoms. The molecule has 2 rings (SSSR count). The fraction of sp³-hybridized carbons (Fsp3) is 0.429. The van der Waals surface area contributed by atoms with Crippen LogP contribution < -0.4 is 4.90 Å². The quantitative estimate of drug-likeness (QED) is 0.603. The van der Waals surface area contributed by atoms with E-state index < -0.39 is 0 Å². The Morgan fingerprint density at radius 1 is 1.17 bits per heavy atom. The number of anilines is 1. The molecule has 2 aromatic rings. The highest BCUT2D eigenvalue weighted by molar-refractivity contribution is 9.09. The van der Waals surface area contributed by atoms with Gasteiger partial charge in [-0.1, -0.05) is 40.5 Å². The molecule has 0 aliphatic rings. The fourth-order valence-electron chi connectivity index (χ4n) is 1.87. The monoisotopic (exact) mass is 307 g/mol. The first-order chi connectivity index (χ1) is 8.81. The van der Waals surface area contributed by atoms with Gasteiger partial charge in [-0.2, -0.15) is 0 Å². The van der Waals surface area contributed by atoms with Crippen LogP contribution in [0.15, 0.2) is 30.5 Å². The van der Waals surface area contributed by atoms with Crippen LogP contribution in [0.2, 0.25) is 0 Å². The highest BCUT2D eigenvalue weighted by atomic mass is 79.9. The van der Waals surface area contributed by atoms with Gasteiger partial charge in [0.1, 0.15) is 0 Å². The van der Waals surface area contributed by atoms with Gasteiger partial charge in [-0.3, -0.25) is 0 Å². The molecule has 0 fully saturated rings. The van der Waals surface area contributed by atoms with Crippen molar-refractivity contribution < 1.29 is 0 Å². The molecule has 4 heteroatoms. The number of halogens is 1. The number of alkyl halides is 1. The van der Waals surface area contributed by atoms with Crippen molar-refractivity contribution in [2.45, 2.75) is 19.3 Å². The Hall–Kier alpha value is -1.16. The standard InChI is InChI=1S/C14H18BrN3/c1-18(10-6-2-5-9-15)14-16-11-12-7-3-4-8-13(12)17-14/h3-4,7-8,11H,2,5-6,9-10H2,1H3. The van der Waals surface area contributed by atoms with Crippen LogP contribution in [0.4, 0.5) is 5.95 Å². The van der Waals surface area contributed by atoms with Crippen molar-refractivity contribution in [1.29, 1.82) is 0 Å². The second kappa shape index (κ2) is 6.69. The summed E-state index contributed by atoms with van der Waals surface area (Å²) in [5.41, 5.74) is 1.01. The molecule has 96 valence electrons. The van der Waals surface area contributed by atoms with Crippen LogP contribution in [0.25, 0.3) is 10.9 Å². The van der Waals surface area contributed by atoms with Crippen LogP contribution in [0.1, 0.15) is 19.3 Å². The lowest BCUT2D eigenvalue weighted by atomic mass is 10.2. The first-order valence-corrected chi connectivity index (χ1v) is 7.42. The summed E-state index contributed by atoms with van der Waals surface area (Å²) >= 11 is 3.45. The van der Waals surface area contributed by atoms with E-state index >= 15 is 0 Å². The molecule has 0 N–H and O–H groups in total. The first kappa shape index (κ1) is 13.3. The van der Waals surface area contributed by atoms with Crippen molar-refractivity contribution in [3.8, 4) is 0 Å². The van der Waals surface area contributed by atoms with Gasteiger partial charge in [0.2, 0.25) is 5.95 Å². The topological polar surface area (TPSA) is 29.0 Å². The first-order valence-electron chi connectivity index (χ1n) is 6.30. The van der Waals surface area contributed by atoms with E-state index in [-0.39, 0.29) is 0 Å². The number of hydrogen-bond donors (Lipinski definition) is 0. The minimum absolute atomic E-state index is 0.813. The Balaban J connectivity index is 2.01. The number of unbranched alkanes of at least 4 members (excludes halogenated alkanes) is 2. The Kier molecular flexibility index (Phi) is 4.93. The highest BCUT2D eigenvalue weighted by Crippen LogP contribution is 2.14. The van der Waals surface area contributed by atoms with Crippen LogP contribution >= 0.6 is 15.9 Å². The molecule has 0 amide bonds. The van der Waals surface area contributed by atoms with Crippen LogP contribution in [0, 0.1) is 0 Å². The molecule has 3 nitrogen and oxygen atoms in total. The van der Waals surface area contributed by atoms with Gasteiger partial charge in [0, 0.05) is 30.5 Å². The van der Waals surface area contributed by atoms with Gasteiger partial charge < -0.3 is 4.90 Å². The van der Waals surface area contributed by atoms with E-state index in [1.165, 1.54) is 19.3 Å². The lowest BCUT2D eigenvalue weighted by Crippen LogP contribution is -2.20. The molecule has 0 unspecified atom stereocenters. The lowest BCUT2D eigenvalue weighted by Gasteiger charge is -2.16. The van der Waals surface area contributed by atoms with Gasteiger partial charge >= 0.3 is 0 Å². The smallest absolute Gasteiger partial charge is 0.225 e. The van der Waals surface area contributed by atoms with Gasteiger partial charge in [-0.25, -0.2) is 9.97 Å². The predicted molar refractivity (Wildman–Crippen MR) is 80.5 cm³/mol. The third-order valence-corrected chi connectivity index (χ3v) is 3.51. The summed E-state index contributed by atoms with van der Waals surface area (Å²) in [6, 6.07) is 8.08. The van der Waals surface area contributed by atoms with Crippen LogP contribution in [0.5, 0.6) is 0 Å². The average molecular weight is 308 g/mol. The molecule has 0 aliphatic carbocycles. The van der Waals surface area contributed by atoms with E-state index in [2.05, 4.69) is 37.8 Å². The summed E-state index contributed by atoms with van der Waals surface area (Å²) in [5, 5.41) is 2.18. The molecule has 1 heterocycles. The maximum absolute atomic E-state index is 4.58. The summed E-state index contributed by atoms with van der Waals surface area (Å²) in [6.45, 7) is 1.01. The molecular weight excluding hydrogens is 290 g/mol. The SMILES string of the molecule is CN(CCCCCBr)c1ncc2ccccc2n1. The Morgan fingerprint density at radius 3 is 2.83 bits per heavy atom. The van der Waals surface area contributed by atoms with Gasteiger partial charge in [0.05, 0.1) is 5.52 Å². The second-order valence-electron chi connectivity index (χ2n) is 4.40. The molecule has 0 bridgehead atoms. The molecule has 0 saturated heterocycles. The Bertz CT molecular complexity index is 501. The van der Waals surface area contributed by atoms with Gasteiger partial charge in [-0.15, -0.1) is 0 Å². The third-order valence-electron chi connectivity index (χ3n) is 2.94. The minimum Gasteiger partial charge on any atom is -0.344 e. The fourth-order valence-corrected chi connectivity index (χ4v) is 2.26. The number of nitrogens with zero attached hydrogens (tertiary/aromatic N) is 3. The van der Waals surface area contributed by atoms with Gasteiger partial charge in [0.15, 0.2) is 0 Å². The summed E-state index contributed by atoms with van der Waals surface area (Å²) in [5.74, 6) is 0.813. The lowest BCUT2D eigenvalue weighted by molar-refractivity contribution is 0.702. The summed E-state index contributed by atoms with van der Waals surface area (Å²) in [7, 11) is 2.05. The number of para-hydroxylation sites is 1. The molecule has 0 saturated carbocycles. The summed E-state index contributed by atoms with van der Waals surface area (Å²) in [6.07, 6.45) is 5.54. The van der Waals surface area contributed by atoms with Crippen LogP contribution in [-0.4, -0.2) is 28.9 Å². The van der Waals surface area contributed by atoms with Crippen molar-refractivity contribution in [2.24, 2.45) is 0 Å². The average Bonchev–Trinajstić information content (AvgIpc) is 2.43. The molecular formula is C14H18BrN3. The number of hydrogen-bond acceptors (Lipinski definition) is 3. The van der Waals surface area contributed by atoms with E-state index in [1.807, 2.05) is 30.5 Å². The zero-order valence-electron chi connectivity index (χ0n) is 10.6. The van der Waals surface area contributed by atoms with E-state index in [0.29, 0.717) is 0 Å². The van der Waals surface area contributed by atoms with Crippen molar-refractivity contribution in [2.75, 3.05) is 23.8 Å². The predicted octanol–water partition coefficient (Wildman–Crippen LogP) is 3.63. The molecule has 0 atom stereocenters. The number of aromatic nitrogens is 2.